The summed E-state index contributed by atoms with van der Waals surface area (Å²) in [4.78, 5) is 11.6. The monoisotopic (exact) mass is 197 g/mol. The van der Waals surface area contributed by atoms with Crippen LogP contribution in [0, 0.1) is 0 Å². The molecule has 1 N–H and O–H groups in total. The Hall–Kier alpha value is -0.610. The van der Waals surface area contributed by atoms with Crippen molar-refractivity contribution in [1.29, 1.82) is 0 Å². The number of hydrogen-bond donors (Lipinski definition) is 1. The first-order valence-electron chi connectivity index (χ1n) is 5.60. The van der Waals surface area contributed by atoms with Crippen LogP contribution in [0.4, 0.5) is 0 Å². The van der Waals surface area contributed by atoms with Gasteiger partial charge in [-0.05, 0) is 19.4 Å². The summed E-state index contributed by atoms with van der Waals surface area (Å²) >= 11 is 0. The van der Waals surface area contributed by atoms with Crippen molar-refractivity contribution >= 4 is 5.91 Å². The van der Waals surface area contributed by atoms with E-state index in [-0.39, 0.29) is 0 Å². The van der Waals surface area contributed by atoms with Crippen LogP contribution in [0.1, 0.15) is 26.2 Å². The van der Waals surface area contributed by atoms with Crippen LogP contribution < -0.4 is 5.32 Å². The minimum atomic E-state index is 0.304. The minimum Gasteiger partial charge on any atom is -0.315 e. The first-order valence-corrected chi connectivity index (χ1v) is 5.60. The third-order valence-electron chi connectivity index (χ3n) is 3.04. The Kier molecular flexibility index (Phi) is 3.03. The molecule has 1 atom stereocenters. The van der Waals surface area contributed by atoms with E-state index in [1.165, 1.54) is 6.42 Å². The van der Waals surface area contributed by atoms with Crippen LogP contribution in [0.2, 0.25) is 0 Å². The Morgan fingerprint density at radius 1 is 1.57 bits per heavy atom. The lowest BCUT2D eigenvalue weighted by Gasteiger charge is -2.32. The fraction of sp³-hybridized carbons (Fsp3) is 0.900. The normalized spacial score (nSPS) is 29.1. The quantitative estimate of drug-likeness (QED) is 0.702. The Bertz CT molecular complexity index is 213. The maximum Gasteiger partial charge on any atom is 0.238 e. The molecule has 0 bridgehead atoms. The molecular formula is C10H19N3O. The number of hydrogen-bond acceptors (Lipinski definition) is 3. The number of carbonyl (C=O) groups excluding carboxylic acids is 1. The molecule has 4 nitrogen and oxygen atoms in total. The molecule has 2 fully saturated rings. The van der Waals surface area contributed by atoms with Gasteiger partial charge in [-0.25, -0.2) is 5.01 Å². The van der Waals surface area contributed by atoms with Gasteiger partial charge in [-0.3, -0.25) is 9.80 Å². The summed E-state index contributed by atoms with van der Waals surface area (Å²) in [7, 11) is 0. The second-order valence-corrected chi connectivity index (χ2v) is 4.08. The molecule has 0 radical (unpaired) electrons. The summed E-state index contributed by atoms with van der Waals surface area (Å²) in [5.74, 6) is 0.304. The van der Waals surface area contributed by atoms with Gasteiger partial charge in [0.15, 0.2) is 0 Å². The summed E-state index contributed by atoms with van der Waals surface area (Å²) in [5.41, 5.74) is 0. The van der Waals surface area contributed by atoms with E-state index in [9.17, 15) is 4.79 Å². The molecule has 2 saturated heterocycles. The first-order chi connectivity index (χ1) is 6.83. The molecule has 0 aromatic carbocycles. The molecule has 2 rings (SSSR count). The van der Waals surface area contributed by atoms with E-state index in [0.29, 0.717) is 18.4 Å². The van der Waals surface area contributed by atoms with Gasteiger partial charge in [0, 0.05) is 32.1 Å². The van der Waals surface area contributed by atoms with Crippen molar-refractivity contribution in [2.75, 3.05) is 26.2 Å². The zero-order valence-electron chi connectivity index (χ0n) is 8.83. The highest BCUT2D eigenvalue weighted by Gasteiger charge is 2.34. The Balaban J connectivity index is 1.98. The highest BCUT2D eigenvalue weighted by Crippen LogP contribution is 2.19. The fourth-order valence-electron chi connectivity index (χ4n) is 2.34. The summed E-state index contributed by atoms with van der Waals surface area (Å²) < 4.78 is 0. The highest BCUT2D eigenvalue weighted by atomic mass is 16.2. The summed E-state index contributed by atoms with van der Waals surface area (Å²) in [6, 6.07) is 0.549. The largest absolute Gasteiger partial charge is 0.315 e. The zero-order valence-corrected chi connectivity index (χ0v) is 8.83. The molecule has 0 aromatic heterocycles. The van der Waals surface area contributed by atoms with E-state index in [2.05, 4.69) is 17.2 Å². The van der Waals surface area contributed by atoms with Crippen LogP contribution in [0.3, 0.4) is 0 Å². The number of hydrazine groups is 1. The van der Waals surface area contributed by atoms with Crippen molar-refractivity contribution < 1.29 is 4.79 Å². The lowest BCUT2D eigenvalue weighted by molar-refractivity contribution is -0.140. The molecule has 80 valence electrons. The topological polar surface area (TPSA) is 35.6 Å². The van der Waals surface area contributed by atoms with Gasteiger partial charge in [0.25, 0.3) is 0 Å². The van der Waals surface area contributed by atoms with E-state index in [1.807, 2.05) is 5.01 Å². The van der Waals surface area contributed by atoms with Crippen LogP contribution in [0.15, 0.2) is 0 Å². The van der Waals surface area contributed by atoms with Crippen LogP contribution in [0.5, 0.6) is 0 Å². The van der Waals surface area contributed by atoms with E-state index in [1.54, 1.807) is 0 Å². The smallest absolute Gasteiger partial charge is 0.238 e. The SMILES string of the molecule is CCCN1C(=O)CCN1C1CCNC1. The van der Waals surface area contributed by atoms with Crippen molar-refractivity contribution in [3.63, 3.8) is 0 Å². The molecule has 4 heteroatoms. The molecular weight excluding hydrogens is 178 g/mol. The number of amides is 1. The predicted molar refractivity (Wildman–Crippen MR) is 54.6 cm³/mol. The highest BCUT2D eigenvalue weighted by molar-refractivity contribution is 5.77. The van der Waals surface area contributed by atoms with Gasteiger partial charge >= 0.3 is 0 Å². The van der Waals surface area contributed by atoms with Crippen molar-refractivity contribution in [2.45, 2.75) is 32.2 Å². The van der Waals surface area contributed by atoms with E-state index < -0.39 is 0 Å². The average Bonchev–Trinajstić information content (AvgIpc) is 2.77. The molecule has 2 heterocycles. The molecule has 0 aliphatic carbocycles. The molecule has 0 saturated carbocycles. The van der Waals surface area contributed by atoms with Crippen molar-refractivity contribution in [1.82, 2.24) is 15.3 Å². The van der Waals surface area contributed by atoms with Gasteiger partial charge in [-0.1, -0.05) is 6.92 Å². The van der Waals surface area contributed by atoms with Crippen LogP contribution in [0.25, 0.3) is 0 Å². The molecule has 2 aliphatic rings. The number of rotatable bonds is 3. The zero-order chi connectivity index (χ0) is 9.97. The number of carbonyl (C=O) groups is 1. The third-order valence-corrected chi connectivity index (χ3v) is 3.04. The minimum absolute atomic E-state index is 0.304. The lowest BCUT2D eigenvalue weighted by atomic mass is 10.2. The summed E-state index contributed by atoms with van der Waals surface area (Å²) in [6.45, 7) is 6.06. The number of nitrogens with one attached hydrogen (secondary N) is 1. The van der Waals surface area contributed by atoms with Gasteiger partial charge < -0.3 is 5.32 Å². The average molecular weight is 197 g/mol. The van der Waals surface area contributed by atoms with E-state index >= 15 is 0 Å². The van der Waals surface area contributed by atoms with Crippen LogP contribution in [-0.4, -0.2) is 48.1 Å². The second kappa shape index (κ2) is 4.28. The number of nitrogens with zero attached hydrogens (tertiary/aromatic N) is 2. The van der Waals surface area contributed by atoms with Gasteiger partial charge in [0.05, 0.1) is 0 Å². The second-order valence-electron chi connectivity index (χ2n) is 4.08. The van der Waals surface area contributed by atoms with Crippen molar-refractivity contribution in [3.05, 3.63) is 0 Å². The van der Waals surface area contributed by atoms with Gasteiger partial charge in [-0.15, -0.1) is 0 Å². The summed E-state index contributed by atoms with van der Waals surface area (Å²) in [6.07, 6.45) is 2.92. The maximum atomic E-state index is 11.6. The molecule has 0 spiro atoms. The van der Waals surface area contributed by atoms with Crippen molar-refractivity contribution in [2.24, 2.45) is 0 Å². The summed E-state index contributed by atoms with van der Waals surface area (Å²) in [5, 5.41) is 7.57. The molecule has 14 heavy (non-hydrogen) atoms. The Morgan fingerprint density at radius 3 is 3.07 bits per heavy atom. The predicted octanol–water partition coefficient (Wildman–Crippen LogP) is 0.208. The van der Waals surface area contributed by atoms with Gasteiger partial charge in [0.1, 0.15) is 0 Å². The molecule has 1 amide bonds. The van der Waals surface area contributed by atoms with Gasteiger partial charge in [0.2, 0.25) is 5.91 Å². The standard InChI is InChI=1S/C10H19N3O/c1-2-6-13-10(14)4-7-12(13)9-3-5-11-8-9/h9,11H,2-8H2,1H3. The Morgan fingerprint density at radius 2 is 2.43 bits per heavy atom. The van der Waals surface area contributed by atoms with Crippen molar-refractivity contribution in [3.8, 4) is 0 Å². The van der Waals surface area contributed by atoms with E-state index in [4.69, 9.17) is 0 Å². The molecule has 2 aliphatic heterocycles. The molecule has 0 aromatic rings. The van der Waals surface area contributed by atoms with Gasteiger partial charge in [-0.2, -0.15) is 0 Å². The fourth-order valence-corrected chi connectivity index (χ4v) is 2.34. The van der Waals surface area contributed by atoms with E-state index in [0.717, 1.165) is 32.6 Å². The molecule has 1 unspecified atom stereocenters. The maximum absolute atomic E-state index is 11.6. The lowest BCUT2D eigenvalue weighted by Crippen LogP contribution is -2.46. The van der Waals surface area contributed by atoms with Crippen LogP contribution in [-0.2, 0) is 4.79 Å². The third kappa shape index (κ3) is 1.77. The van der Waals surface area contributed by atoms with Crippen LogP contribution >= 0.6 is 0 Å². The first kappa shape index (κ1) is 9.93. The Labute approximate surface area is 85.2 Å².